The molecule has 4 nitrogen and oxygen atoms in total. The van der Waals surface area contributed by atoms with Crippen LogP contribution in [0, 0.1) is 11.8 Å². The van der Waals surface area contributed by atoms with Gasteiger partial charge in [0.1, 0.15) is 0 Å². The van der Waals surface area contributed by atoms with Crippen molar-refractivity contribution in [3.05, 3.63) is 12.2 Å². The van der Waals surface area contributed by atoms with E-state index < -0.39 is 0 Å². The van der Waals surface area contributed by atoms with Crippen molar-refractivity contribution in [2.24, 2.45) is 11.8 Å². The minimum absolute atomic E-state index is 0.152. The van der Waals surface area contributed by atoms with Crippen LogP contribution in [-0.4, -0.2) is 60.2 Å². The molecular weight excluding hydrogens is 326 g/mol. The number of rotatable bonds is 12. The third-order valence-electron chi connectivity index (χ3n) is 6.08. The topological polar surface area (TPSA) is 52.9 Å². The lowest BCUT2D eigenvalue weighted by atomic mass is 9.89. The van der Waals surface area contributed by atoms with Crippen molar-refractivity contribution in [3.8, 4) is 0 Å². The monoisotopic (exact) mass is 367 g/mol. The van der Waals surface area contributed by atoms with Crippen molar-refractivity contribution in [3.63, 3.8) is 0 Å². The Kier molecular flexibility index (Phi) is 9.62. The van der Waals surface area contributed by atoms with Gasteiger partial charge in [0.25, 0.3) is 0 Å². The normalized spacial score (nSPS) is 32.6. The summed E-state index contributed by atoms with van der Waals surface area (Å²) in [7, 11) is 4.25. The van der Waals surface area contributed by atoms with E-state index in [0.29, 0.717) is 12.0 Å². The summed E-state index contributed by atoms with van der Waals surface area (Å²) < 4.78 is 6.23. The predicted molar refractivity (Wildman–Crippen MR) is 107 cm³/mol. The van der Waals surface area contributed by atoms with E-state index in [-0.39, 0.29) is 24.2 Å². The van der Waals surface area contributed by atoms with E-state index >= 15 is 0 Å². The summed E-state index contributed by atoms with van der Waals surface area (Å²) in [6.45, 7) is 3.34. The zero-order valence-electron chi connectivity index (χ0n) is 17.1. The predicted octanol–water partition coefficient (Wildman–Crippen LogP) is 3.76. The molecule has 152 valence electrons. The summed E-state index contributed by atoms with van der Waals surface area (Å²) in [4.78, 5) is 2.24. The maximum atomic E-state index is 10.4. The first-order chi connectivity index (χ1) is 12.5. The molecule has 0 radical (unpaired) electrons. The zero-order chi connectivity index (χ0) is 18.9. The Morgan fingerprint density at radius 3 is 2.65 bits per heavy atom. The second-order valence-electron chi connectivity index (χ2n) is 8.68. The van der Waals surface area contributed by atoms with Gasteiger partial charge in [-0.05, 0) is 52.2 Å². The highest BCUT2D eigenvalue weighted by Crippen LogP contribution is 2.45. The Bertz CT molecular complexity index is 412. The highest BCUT2D eigenvalue weighted by atomic mass is 16.5. The molecule has 2 N–H and O–H groups in total. The fourth-order valence-electron chi connectivity index (χ4n) is 4.56. The van der Waals surface area contributed by atoms with Gasteiger partial charge in [0.15, 0.2) is 0 Å². The Balaban J connectivity index is 1.72. The van der Waals surface area contributed by atoms with Crippen LogP contribution < -0.4 is 0 Å². The number of hydrogen-bond acceptors (Lipinski definition) is 4. The van der Waals surface area contributed by atoms with Crippen molar-refractivity contribution in [1.29, 1.82) is 0 Å². The minimum atomic E-state index is -0.373. The first-order valence-electron chi connectivity index (χ1n) is 10.9. The molecule has 4 heteroatoms. The van der Waals surface area contributed by atoms with Crippen molar-refractivity contribution in [2.45, 2.75) is 95.5 Å². The molecule has 1 aliphatic heterocycles. The van der Waals surface area contributed by atoms with Crippen LogP contribution in [0.2, 0.25) is 0 Å². The maximum Gasteiger partial charge on any atom is 0.0721 e. The molecule has 2 aliphatic rings. The fraction of sp³-hybridized carbons (Fsp3) is 0.909. The second-order valence-corrected chi connectivity index (χ2v) is 8.68. The van der Waals surface area contributed by atoms with Gasteiger partial charge < -0.3 is 19.8 Å². The number of nitrogens with zero attached hydrogens (tertiary/aromatic N) is 1. The average molecular weight is 368 g/mol. The Labute approximate surface area is 160 Å². The number of hydrogen-bond donors (Lipinski definition) is 2. The lowest BCUT2D eigenvalue weighted by Gasteiger charge is -2.18. The van der Waals surface area contributed by atoms with Crippen molar-refractivity contribution < 1.29 is 14.9 Å². The highest BCUT2D eigenvalue weighted by Gasteiger charge is 2.47. The fourth-order valence-corrected chi connectivity index (χ4v) is 4.56. The summed E-state index contributed by atoms with van der Waals surface area (Å²) in [6, 6.07) is 0. The summed E-state index contributed by atoms with van der Waals surface area (Å²) in [5.74, 6) is 0.579. The van der Waals surface area contributed by atoms with Gasteiger partial charge in [-0.25, -0.2) is 0 Å². The van der Waals surface area contributed by atoms with Gasteiger partial charge in [0.05, 0.1) is 24.4 Å². The molecule has 0 amide bonds. The van der Waals surface area contributed by atoms with Crippen LogP contribution in [0.5, 0.6) is 0 Å². The van der Waals surface area contributed by atoms with Gasteiger partial charge in [-0.15, -0.1) is 0 Å². The molecule has 0 aromatic heterocycles. The van der Waals surface area contributed by atoms with Gasteiger partial charge in [0.2, 0.25) is 0 Å². The molecule has 0 spiro atoms. The number of aliphatic hydroxyl groups excluding tert-OH is 2. The molecule has 2 fully saturated rings. The average Bonchev–Trinajstić information content (AvgIpc) is 3.09. The first-order valence-corrected chi connectivity index (χ1v) is 10.9. The largest absolute Gasteiger partial charge is 0.392 e. The van der Waals surface area contributed by atoms with Crippen LogP contribution >= 0.6 is 0 Å². The third kappa shape index (κ3) is 6.95. The molecule has 6 atom stereocenters. The van der Waals surface area contributed by atoms with Gasteiger partial charge >= 0.3 is 0 Å². The lowest BCUT2D eigenvalue weighted by molar-refractivity contribution is 0.0232. The van der Waals surface area contributed by atoms with Crippen molar-refractivity contribution in [1.82, 2.24) is 4.90 Å². The second kappa shape index (κ2) is 11.4. The van der Waals surface area contributed by atoms with Gasteiger partial charge in [0, 0.05) is 12.3 Å². The minimum Gasteiger partial charge on any atom is -0.392 e. The van der Waals surface area contributed by atoms with E-state index in [1.54, 1.807) is 0 Å². The number of unbranched alkanes of at least 4 members (excludes halogenated alkanes) is 4. The molecule has 1 saturated heterocycles. The molecule has 1 heterocycles. The SMILES string of the molecule is CCCCC[C@H](O)/C=C/[C@@H]1[C@H]2C[C@H](CCCCCN(C)C)O[C@H]2C[C@H]1O. The Hall–Kier alpha value is -0.420. The van der Waals surface area contributed by atoms with Gasteiger partial charge in [-0.2, -0.15) is 0 Å². The van der Waals surface area contributed by atoms with E-state index in [2.05, 4.69) is 32.0 Å². The number of ether oxygens (including phenoxy) is 1. The van der Waals surface area contributed by atoms with E-state index in [4.69, 9.17) is 4.74 Å². The van der Waals surface area contributed by atoms with Crippen LogP contribution in [0.15, 0.2) is 12.2 Å². The quantitative estimate of drug-likeness (QED) is 0.407. The van der Waals surface area contributed by atoms with Gasteiger partial charge in [-0.1, -0.05) is 51.2 Å². The molecule has 2 rings (SSSR count). The van der Waals surface area contributed by atoms with Crippen molar-refractivity contribution >= 4 is 0 Å². The molecule has 0 aromatic rings. The van der Waals surface area contributed by atoms with Crippen molar-refractivity contribution in [2.75, 3.05) is 20.6 Å². The molecule has 26 heavy (non-hydrogen) atoms. The Morgan fingerprint density at radius 1 is 1.12 bits per heavy atom. The maximum absolute atomic E-state index is 10.4. The highest BCUT2D eigenvalue weighted by molar-refractivity contribution is 5.07. The summed E-state index contributed by atoms with van der Waals surface area (Å²) in [6.07, 6.45) is 14.8. The van der Waals surface area contributed by atoms with Crippen LogP contribution in [0.1, 0.15) is 71.1 Å². The number of fused-ring (bicyclic) bond motifs is 1. The van der Waals surface area contributed by atoms with Crippen LogP contribution in [-0.2, 0) is 4.74 Å². The molecular formula is C22H41NO3. The third-order valence-corrected chi connectivity index (χ3v) is 6.08. The summed E-state index contributed by atoms with van der Waals surface area (Å²) in [5, 5.41) is 20.5. The lowest BCUT2D eigenvalue weighted by Crippen LogP contribution is -2.19. The van der Waals surface area contributed by atoms with Crippen LogP contribution in [0.4, 0.5) is 0 Å². The van der Waals surface area contributed by atoms with E-state index in [9.17, 15) is 10.2 Å². The van der Waals surface area contributed by atoms with Crippen LogP contribution in [0.25, 0.3) is 0 Å². The summed E-state index contributed by atoms with van der Waals surface area (Å²) in [5.41, 5.74) is 0. The van der Waals surface area contributed by atoms with Gasteiger partial charge in [-0.3, -0.25) is 0 Å². The molecule has 1 aliphatic carbocycles. The number of aliphatic hydroxyl groups is 2. The zero-order valence-corrected chi connectivity index (χ0v) is 17.1. The standard InChI is InChI=1S/C22H41NO3/c1-4-5-7-10-17(24)12-13-19-20-15-18(26-22(20)16-21(19)25)11-8-6-9-14-23(2)3/h12-13,17-22,24-25H,4-11,14-16H2,1-3H3/b13-12+/t17-,18-,19+,20+,21+,22-/m0/s1. The first kappa shape index (κ1) is 21.9. The molecule has 0 aromatic carbocycles. The smallest absolute Gasteiger partial charge is 0.0721 e. The summed E-state index contributed by atoms with van der Waals surface area (Å²) >= 11 is 0. The van der Waals surface area contributed by atoms with E-state index in [0.717, 1.165) is 38.6 Å². The van der Waals surface area contributed by atoms with Crippen LogP contribution in [0.3, 0.4) is 0 Å². The molecule has 1 saturated carbocycles. The van der Waals surface area contributed by atoms with E-state index in [1.807, 2.05) is 6.08 Å². The Morgan fingerprint density at radius 2 is 1.92 bits per heavy atom. The molecule has 0 bridgehead atoms. The molecule has 0 unspecified atom stereocenters. The van der Waals surface area contributed by atoms with E-state index in [1.165, 1.54) is 32.1 Å².